The second-order valence-corrected chi connectivity index (χ2v) is 4.58. The number of benzene rings is 1. The van der Waals surface area contributed by atoms with Crippen LogP contribution in [0, 0.1) is 6.92 Å². The molecule has 0 radical (unpaired) electrons. The normalized spacial score (nSPS) is 22.1. The molecule has 0 aromatic heterocycles. The predicted molar refractivity (Wildman–Crippen MR) is 63.9 cm³/mol. The summed E-state index contributed by atoms with van der Waals surface area (Å²) in [6.07, 6.45) is 2.31. The van der Waals surface area contributed by atoms with Crippen molar-refractivity contribution in [2.24, 2.45) is 5.73 Å². The van der Waals surface area contributed by atoms with Crippen LogP contribution in [-0.4, -0.2) is 30.6 Å². The van der Waals surface area contributed by atoms with E-state index in [4.69, 9.17) is 5.73 Å². The van der Waals surface area contributed by atoms with Gasteiger partial charge in [0, 0.05) is 19.1 Å². The predicted octanol–water partition coefficient (Wildman–Crippen LogP) is 1.57. The van der Waals surface area contributed by atoms with E-state index in [0.29, 0.717) is 6.04 Å². The standard InChI is InChI=1S/C13H20N2/c1-11-2-4-12(5-3-11)6-8-15-9-7-13(14)10-15/h2-5,13H,6-10,14H2,1H3. The highest BCUT2D eigenvalue weighted by atomic mass is 15.2. The average molecular weight is 204 g/mol. The molecule has 1 aliphatic rings. The molecule has 1 unspecified atom stereocenters. The fraction of sp³-hybridized carbons (Fsp3) is 0.538. The van der Waals surface area contributed by atoms with E-state index in [1.165, 1.54) is 17.7 Å². The zero-order valence-electron chi connectivity index (χ0n) is 9.45. The first-order chi connectivity index (χ1) is 7.24. The summed E-state index contributed by atoms with van der Waals surface area (Å²) in [6, 6.07) is 9.23. The van der Waals surface area contributed by atoms with Crippen molar-refractivity contribution in [3.05, 3.63) is 35.4 Å². The van der Waals surface area contributed by atoms with Gasteiger partial charge in [-0.3, -0.25) is 0 Å². The van der Waals surface area contributed by atoms with E-state index in [-0.39, 0.29) is 0 Å². The van der Waals surface area contributed by atoms with E-state index >= 15 is 0 Å². The summed E-state index contributed by atoms with van der Waals surface area (Å²) in [6.45, 7) is 5.53. The van der Waals surface area contributed by atoms with Crippen LogP contribution in [0.3, 0.4) is 0 Å². The zero-order valence-corrected chi connectivity index (χ0v) is 9.45. The summed E-state index contributed by atoms with van der Waals surface area (Å²) in [7, 11) is 0. The van der Waals surface area contributed by atoms with Crippen LogP contribution >= 0.6 is 0 Å². The summed E-state index contributed by atoms with van der Waals surface area (Å²) < 4.78 is 0. The number of rotatable bonds is 3. The van der Waals surface area contributed by atoms with Gasteiger partial charge in [-0.1, -0.05) is 29.8 Å². The zero-order chi connectivity index (χ0) is 10.7. The van der Waals surface area contributed by atoms with Crippen molar-refractivity contribution < 1.29 is 0 Å². The first-order valence-corrected chi connectivity index (χ1v) is 5.77. The summed E-state index contributed by atoms with van der Waals surface area (Å²) in [5.41, 5.74) is 8.64. The molecule has 0 amide bonds. The highest BCUT2D eigenvalue weighted by Gasteiger charge is 2.17. The van der Waals surface area contributed by atoms with Gasteiger partial charge in [0.15, 0.2) is 0 Å². The van der Waals surface area contributed by atoms with Crippen molar-refractivity contribution in [1.29, 1.82) is 0 Å². The van der Waals surface area contributed by atoms with Crippen LogP contribution in [0.25, 0.3) is 0 Å². The molecule has 15 heavy (non-hydrogen) atoms. The molecule has 1 atom stereocenters. The third-order valence-corrected chi connectivity index (χ3v) is 3.15. The van der Waals surface area contributed by atoms with Crippen molar-refractivity contribution in [2.75, 3.05) is 19.6 Å². The van der Waals surface area contributed by atoms with E-state index < -0.39 is 0 Å². The maximum atomic E-state index is 5.87. The summed E-state index contributed by atoms with van der Waals surface area (Å²) in [5, 5.41) is 0. The number of likely N-dealkylation sites (tertiary alicyclic amines) is 1. The molecule has 1 heterocycles. The lowest BCUT2D eigenvalue weighted by Gasteiger charge is -2.14. The van der Waals surface area contributed by atoms with Crippen LogP contribution < -0.4 is 5.73 Å². The van der Waals surface area contributed by atoms with E-state index in [9.17, 15) is 0 Å². The Balaban J connectivity index is 1.80. The Morgan fingerprint density at radius 2 is 2.07 bits per heavy atom. The van der Waals surface area contributed by atoms with E-state index in [1.807, 2.05) is 0 Å². The quantitative estimate of drug-likeness (QED) is 0.810. The lowest BCUT2D eigenvalue weighted by molar-refractivity contribution is 0.339. The molecule has 2 rings (SSSR count). The van der Waals surface area contributed by atoms with Crippen molar-refractivity contribution in [1.82, 2.24) is 4.90 Å². The monoisotopic (exact) mass is 204 g/mol. The molecule has 82 valence electrons. The molecule has 2 heteroatoms. The second kappa shape index (κ2) is 4.77. The highest BCUT2D eigenvalue weighted by molar-refractivity contribution is 5.21. The molecular weight excluding hydrogens is 184 g/mol. The lowest BCUT2D eigenvalue weighted by atomic mass is 10.1. The Morgan fingerprint density at radius 3 is 2.67 bits per heavy atom. The molecule has 1 aromatic carbocycles. The van der Waals surface area contributed by atoms with E-state index in [1.54, 1.807) is 0 Å². The van der Waals surface area contributed by atoms with Crippen LogP contribution in [0.1, 0.15) is 17.5 Å². The molecule has 1 fully saturated rings. The first kappa shape index (κ1) is 10.7. The topological polar surface area (TPSA) is 29.3 Å². The Kier molecular flexibility index (Phi) is 3.39. The SMILES string of the molecule is Cc1ccc(CCN2CCC(N)C2)cc1. The van der Waals surface area contributed by atoms with Crippen molar-refractivity contribution in [2.45, 2.75) is 25.8 Å². The van der Waals surface area contributed by atoms with Crippen LogP contribution in [0.15, 0.2) is 24.3 Å². The number of nitrogens with zero attached hydrogens (tertiary/aromatic N) is 1. The maximum absolute atomic E-state index is 5.87. The van der Waals surface area contributed by atoms with Gasteiger partial charge in [0.25, 0.3) is 0 Å². The minimum Gasteiger partial charge on any atom is -0.326 e. The summed E-state index contributed by atoms with van der Waals surface area (Å²) in [5.74, 6) is 0. The van der Waals surface area contributed by atoms with Gasteiger partial charge in [-0.2, -0.15) is 0 Å². The van der Waals surface area contributed by atoms with E-state index in [0.717, 1.165) is 25.9 Å². The molecule has 0 aliphatic carbocycles. The van der Waals surface area contributed by atoms with Crippen LogP contribution in [0.4, 0.5) is 0 Å². The molecule has 0 spiro atoms. The Hall–Kier alpha value is -0.860. The minimum absolute atomic E-state index is 0.406. The van der Waals surface area contributed by atoms with Gasteiger partial charge < -0.3 is 10.6 Å². The number of hydrogen-bond acceptors (Lipinski definition) is 2. The molecule has 0 saturated carbocycles. The third-order valence-electron chi connectivity index (χ3n) is 3.15. The van der Waals surface area contributed by atoms with Gasteiger partial charge in [-0.05, 0) is 31.9 Å². The van der Waals surface area contributed by atoms with Crippen LogP contribution in [0.5, 0.6) is 0 Å². The number of aryl methyl sites for hydroxylation is 1. The molecule has 1 aromatic rings. The Labute approximate surface area is 92.1 Å². The highest BCUT2D eigenvalue weighted by Crippen LogP contribution is 2.09. The molecule has 1 aliphatic heterocycles. The fourth-order valence-corrected chi connectivity index (χ4v) is 2.11. The smallest absolute Gasteiger partial charge is 0.0180 e. The fourth-order valence-electron chi connectivity index (χ4n) is 2.11. The third kappa shape index (κ3) is 3.05. The number of hydrogen-bond donors (Lipinski definition) is 1. The molecule has 1 saturated heterocycles. The van der Waals surface area contributed by atoms with Gasteiger partial charge in [-0.15, -0.1) is 0 Å². The number of nitrogens with two attached hydrogens (primary N) is 1. The van der Waals surface area contributed by atoms with Crippen molar-refractivity contribution in [3.63, 3.8) is 0 Å². The molecular formula is C13H20N2. The molecule has 2 N–H and O–H groups in total. The van der Waals surface area contributed by atoms with Crippen molar-refractivity contribution >= 4 is 0 Å². The maximum Gasteiger partial charge on any atom is 0.0180 e. The van der Waals surface area contributed by atoms with Gasteiger partial charge >= 0.3 is 0 Å². The Bertz CT molecular complexity index is 305. The van der Waals surface area contributed by atoms with Gasteiger partial charge in [0.05, 0.1) is 0 Å². The van der Waals surface area contributed by atoms with Gasteiger partial charge in [-0.25, -0.2) is 0 Å². The summed E-state index contributed by atoms with van der Waals surface area (Å²) in [4.78, 5) is 2.46. The van der Waals surface area contributed by atoms with Crippen molar-refractivity contribution in [3.8, 4) is 0 Å². The van der Waals surface area contributed by atoms with Crippen LogP contribution in [0.2, 0.25) is 0 Å². The van der Waals surface area contributed by atoms with Gasteiger partial charge in [0.1, 0.15) is 0 Å². The minimum atomic E-state index is 0.406. The second-order valence-electron chi connectivity index (χ2n) is 4.58. The van der Waals surface area contributed by atoms with Crippen LogP contribution in [-0.2, 0) is 6.42 Å². The Morgan fingerprint density at radius 1 is 1.33 bits per heavy atom. The average Bonchev–Trinajstić information content (AvgIpc) is 2.64. The molecule has 2 nitrogen and oxygen atoms in total. The summed E-state index contributed by atoms with van der Waals surface area (Å²) >= 11 is 0. The first-order valence-electron chi connectivity index (χ1n) is 5.77. The van der Waals surface area contributed by atoms with E-state index in [2.05, 4.69) is 36.1 Å². The lowest BCUT2D eigenvalue weighted by Crippen LogP contribution is -2.28. The molecule has 0 bridgehead atoms. The largest absolute Gasteiger partial charge is 0.326 e. The van der Waals surface area contributed by atoms with Gasteiger partial charge in [0.2, 0.25) is 0 Å².